The lowest BCUT2D eigenvalue weighted by atomic mass is 10.2. The van der Waals surface area contributed by atoms with Crippen molar-refractivity contribution in [2.45, 2.75) is 24.7 Å². The van der Waals surface area contributed by atoms with Gasteiger partial charge in [0.05, 0.1) is 18.8 Å². The van der Waals surface area contributed by atoms with Crippen LogP contribution in [0.3, 0.4) is 0 Å². The normalized spacial score (nSPS) is 23.9. The highest BCUT2D eigenvalue weighted by atomic mass is 19.4. The number of alkyl halides is 3. The molecular formula is C12H15F3N2O2. The second-order valence-electron chi connectivity index (χ2n) is 4.46. The van der Waals surface area contributed by atoms with Crippen molar-refractivity contribution in [3.63, 3.8) is 0 Å². The zero-order valence-electron chi connectivity index (χ0n) is 10.4. The summed E-state index contributed by atoms with van der Waals surface area (Å²) in [7, 11) is 1.54. The van der Waals surface area contributed by atoms with Crippen molar-refractivity contribution in [3.05, 3.63) is 23.9 Å². The van der Waals surface area contributed by atoms with Gasteiger partial charge >= 0.3 is 6.18 Å². The summed E-state index contributed by atoms with van der Waals surface area (Å²) in [4.78, 5) is 5.28. The molecule has 0 spiro atoms. The first-order valence-corrected chi connectivity index (χ1v) is 5.90. The molecule has 0 saturated carbocycles. The minimum atomic E-state index is -4.47. The number of halogens is 3. The van der Waals surface area contributed by atoms with Crippen molar-refractivity contribution >= 4 is 5.82 Å². The van der Waals surface area contributed by atoms with Crippen molar-refractivity contribution in [1.82, 2.24) is 4.98 Å². The van der Waals surface area contributed by atoms with Gasteiger partial charge in [-0.3, -0.25) is 0 Å². The number of aliphatic hydroxyl groups is 1. The smallest absolute Gasteiger partial charge is 0.394 e. The molecule has 1 aliphatic rings. The van der Waals surface area contributed by atoms with Crippen LogP contribution >= 0.6 is 0 Å². The van der Waals surface area contributed by atoms with Crippen LogP contribution < -0.4 is 4.90 Å². The number of pyridine rings is 1. The number of aromatic nitrogens is 1. The molecule has 2 atom stereocenters. The molecule has 0 aromatic carbocycles. The predicted octanol–water partition coefficient (Wildman–Crippen LogP) is 1.69. The number of nitrogens with zero attached hydrogens (tertiary/aromatic N) is 2. The summed E-state index contributed by atoms with van der Waals surface area (Å²) in [6.45, 7) is 0.286. The average Bonchev–Trinajstić information content (AvgIpc) is 2.81. The number of methoxy groups -OCH3 is 1. The molecule has 19 heavy (non-hydrogen) atoms. The third kappa shape index (κ3) is 2.98. The molecule has 1 fully saturated rings. The number of ether oxygens (including phenoxy) is 1. The zero-order chi connectivity index (χ0) is 14.0. The molecule has 0 aliphatic carbocycles. The molecule has 0 bridgehead atoms. The summed E-state index contributed by atoms with van der Waals surface area (Å²) in [6, 6.07) is 3.50. The van der Waals surface area contributed by atoms with Crippen LogP contribution in [0, 0.1) is 0 Å². The second-order valence-corrected chi connectivity index (χ2v) is 4.46. The van der Waals surface area contributed by atoms with Crippen LogP contribution in [-0.4, -0.2) is 42.5 Å². The van der Waals surface area contributed by atoms with E-state index in [4.69, 9.17) is 4.74 Å². The first-order valence-electron chi connectivity index (χ1n) is 5.90. The fraction of sp³-hybridized carbons (Fsp3) is 0.583. The maximum absolute atomic E-state index is 12.6. The summed E-state index contributed by atoms with van der Waals surface area (Å²) in [5, 5.41) is 9.29. The first kappa shape index (κ1) is 14.1. The largest absolute Gasteiger partial charge is 0.433 e. The summed E-state index contributed by atoms with van der Waals surface area (Å²) >= 11 is 0. The van der Waals surface area contributed by atoms with Gasteiger partial charge in [0.2, 0.25) is 0 Å². The van der Waals surface area contributed by atoms with E-state index in [1.807, 2.05) is 0 Å². The monoisotopic (exact) mass is 276 g/mol. The van der Waals surface area contributed by atoms with E-state index in [9.17, 15) is 18.3 Å². The van der Waals surface area contributed by atoms with Gasteiger partial charge in [0.25, 0.3) is 0 Å². The molecule has 0 unspecified atom stereocenters. The Labute approximate surface area is 108 Å². The van der Waals surface area contributed by atoms with E-state index in [-0.39, 0.29) is 24.6 Å². The maximum Gasteiger partial charge on any atom is 0.433 e. The molecule has 106 valence electrons. The SMILES string of the molecule is CO[C@H]1C[C@@H](CO)N(c2cccc(C(F)(F)F)n2)C1. The number of hydrogen-bond donors (Lipinski definition) is 1. The van der Waals surface area contributed by atoms with Crippen LogP contribution in [0.2, 0.25) is 0 Å². The van der Waals surface area contributed by atoms with Gasteiger partial charge in [0, 0.05) is 13.7 Å². The highest BCUT2D eigenvalue weighted by Crippen LogP contribution is 2.31. The highest BCUT2D eigenvalue weighted by Gasteiger charge is 2.36. The Bertz CT molecular complexity index is 439. The van der Waals surface area contributed by atoms with Crippen LogP contribution in [0.4, 0.5) is 19.0 Å². The standard InChI is InChI=1S/C12H15F3N2O2/c1-19-9-5-8(7-18)17(6-9)11-4-2-3-10(16-11)12(13,14)15/h2-4,8-9,18H,5-7H2,1H3/t8-,9-/m0/s1. The molecule has 7 heteroatoms. The Kier molecular flexibility index (Phi) is 3.96. The molecule has 2 rings (SSSR count). The van der Waals surface area contributed by atoms with Crippen LogP contribution in [0.1, 0.15) is 12.1 Å². The Morgan fingerprint density at radius 1 is 1.47 bits per heavy atom. The van der Waals surface area contributed by atoms with Crippen LogP contribution in [0.15, 0.2) is 18.2 Å². The third-order valence-electron chi connectivity index (χ3n) is 3.24. The number of aliphatic hydroxyl groups excluding tert-OH is 1. The molecule has 1 saturated heterocycles. The van der Waals surface area contributed by atoms with Crippen molar-refractivity contribution in [2.24, 2.45) is 0 Å². The van der Waals surface area contributed by atoms with Gasteiger partial charge in [-0.05, 0) is 18.6 Å². The minimum absolute atomic E-state index is 0.103. The molecule has 0 radical (unpaired) electrons. The second kappa shape index (κ2) is 5.34. The number of anilines is 1. The highest BCUT2D eigenvalue weighted by molar-refractivity contribution is 5.43. The van der Waals surface area contributed by atoms with Crippen LogP contribution in [0.5, 0.6) is 0 Å². The van der Waals surface area contributed by atoms with Gasteiger partial charge in [0.1, 0.15) is 11.5 Å². The molecule has 1 aliphatic heterocycles. The summed E-state index contributed by atoms with van der Waals surface area (Å²) in [6.07, 6.45) is -4.00. The summed E-state index contributed by atoms with van der Waals surface area (Å²) in [5.74, 6) is 0.216. The topological polar surface area (TPSA) is 45.6 Å². The molecule has 0 amide bonds. The number of rotatable bonds is 3. The fourth-order valence-electron chi connectivity index (χ4n) is 2.24. The van der Waals surface area contributed by atoms with E-state index < -0.39 is 11.9 Å². The quantitative estimate of drug-likeness (QED) is 0.912. The van der Waals surface area contributed by atoms with Crippen LogP contribution in [0.25, 0.3) is 0 Å². The van der Waals surface area contributed by atoms with E-state index in [1.165, 1.54) is 12.1 Å². The summed E-state index contributed by atoms with van der Waals surface area (Å²) < 4.78 is 43.1. The van der Waals surface area contributed by atoms with Gasteiger partial charge in [-0.25, -0.2) is 4.98 Å². The van der Waals surface area contributed by atoms with Crippen molar-refractivity contribution in [2.75, 3.05) is 25.2 Å². The van der Waals surface area contributed by atoms with Crippen molar-refractivity contribution in [1.29, 1.82) is 0 Å². The van der Waals surface area contributed by atoms with Gasteiger partial charge in [-0.1, -0.05) is 6.07 Å². The Hall–Kier alpha value is -1.34. The van der Waals surface area contributed by atoms with Gasteiger partial charge in [0.15, 0.2) is 0 Å². The Morgan fingerprint density at radius 3 is 2.79 bits per heavy atom. The van der Waals surface area contributed by atoms with E-state index in [0.717, 1.165) is 6.07 Å². The molecule has 1 N–H and O–H groups in total. The maximum atomic E-state index is 12.6. The van der Waals surface area contributed by atoms with E-state index in [1.54, 1.807) is 12.0 Å². The van der Waals surface area contributed by atoms with Gasteiger partial charge < -0.3 is 14.7 Å². The fourth-order valence-corrected chi connectivity index (χ4v) is 2.24. The third-order valence-corrected chi connectivity index (χ3v) is 3.24. The molecular weight excluding hydrogens is 261 g/mol. The molecule has 1 aromatic heterocycles. The zero-order valence-corrected chi connectivity index (χ0v) is 10.4. The predicted molar refractivity (Wildman–Crippen MR) is 62.9 cm³/mol. The minimum Gasteiger partial charge on any atom is -0.394 e. The van der Waals surface area contributed by atoms with E-state index in [0.29, 0.717) is 13.0 Å². The van der Waals surface area contributed by atoms with Gasteiger partial charge in [-0.15, -0.1) is 0 Å². The van der Waals surface area contributed by atoms with E-state index in [2.05, 4.69) is 4.98 Å². The molecule has 4 nitrogen and oxygen atoms in total. The summed E-state index contributed by atoms with van der Waals surface area (Å²) in [5.41, 5.74) is -0.928. The van der Waals surface area contributed by atoms with Crippen LogP contribution in [-0.2, 0) is 10.9 Å². The Morgan fingerprint density at radius 2 is 2.21 bits per heavy atom. The van der Waals surface area contributed by atoms with Crippen molar-refractivity contribution in [3.8, 4) is 0 Å². The molecule has 2 heterocycles. The lowest BCUT2D eigenvalue weighted by Crippen LogP contribution is -2.33. The number of hydrogen-bond acceptors (Lipinski definition) is 4. The average molecular weight is 276 g/mol. The lowest BCUT2D eigenvalue weighted by molar-refractivity contribution is -0.141. The lowest BCUT2D eigenvalue weighted by Gasteiger charge is -2.24. The Balaban J connectivity index is 2.26. The van der Waals surface area contributed by atoms with E-state index >= 15 is 0 Å². The van der Waals surface area contributed by atoms with Crippen molar-refractivity contribution < 1.29 is 23.0 Å². The first-order chi connectivity index (χ1) is 8.95. The molecule has 1 aromatic rings. The van der Waals surface area contributed by atoms with Gasteiger partial charge in [-0.2, -0.15) is 13.2 Å².